The van der Waals surface area contributed by atoms with Crippen LogP contribution in [0.1, 0.15) is 26.3 Å². The lowest BCUT2D eigenvalue weighted by molar-refractivity contribution is -0.137. The highest BCUT2D eigenvalue weighted by Gasteiger charge is 2.30. The van der Waals surface area contributed by atoms with Crippen molar-refractivity contribution >= 4 is 23.5 Å². The summed E-state index contributed by atoms with van der Waals surface area (Å²) in [5, 5.41) is 20.5. The van der Waals surface area contributed by atoms with Crippen molar-refractivity contribution in [1.82, 2.24) is 20.2 Å². The fraction of sp³-hybridized carbons (Fsp3) is 0.118. The van der Waals surface area contributed by atoms with Crippen molar-refractivity contribution in [2.45, 2.75) is 11.3 Å². The van der Waals surface area contributed by atoms with Gasteiger partial charge in [-0.25, -0.2) is 4.79 Å². The minimum absolute atomic E-state index is 0.0225. The lowest BCUT2D eigenvalue weighted by atomic mass is 10.1. The molecule has 1 heterocycles. The van der Waals surface area contributed by atoms with E-state index in [4.69, 9.17) is 0 Å². The topological polar surface area (TPSA) is 98.0 Å². The summed E-state index contributed by atoms with van der Waals surface area (Å²) in [5.74, 6) is -1.72. The molecule has 0 aliphatic carbocycles. The largest absolute Gasteiger partial charge is 0.478 e. The molecule has 28 heavy (non-hydrogen) atoms. The highest BCUT2D eigenvalue weighted by atomic mass is 32.2. The van der Waals surface area contributed by atoms with Crippen LogP contribution in [0, 0.1) is 0 Å². The predicted octanol–water partition coefficient (Wildman–Crippen LogP) is 3.35. The maximum atomic E-state index is 12.6. The number of carboxylic acids is 1. The van der Waals surface area contributed by atoms with Crippen LogP contribution in [-0.4, -0.2) is 42.8 Å². The Morgan fingerprint density at radius 3 is 2.39 bits per heavy atom. The van der Waals surface area contributed by atoms with E-state index < -0.39 is 23.5 Å². The second kappa shape index (κ2) is 7.80. The summed E-state index contributed by atoms with van der Waals surface area (Å²) in [7, 11) is 0. The van der Waals surface area contributed by atoms with Crippen molar-refractivity contribution < 1.29 is 27.9 Å². The third kappa shape index (κ3) is 4.19. The molecule has 0 saturated carbocycles. The number of carboxylic acid groups (broad SMARTS) is 1. The summed E-state index contributed by atoms with van der Waals surface area (Å²) >= 11 is 0.944. The van der Waals surface area contributed by atoms with E-state index in [1.807, 2.05) is 0 Å². The maximum Gasteiger partial charge on any atom is 0.416 e. The molecule has 144 valence electrons. The Morgan fingerprint density at radius 2 is 1.75 bits per heavy atom. The third-order valence-corrected chi connectivity index (χ3v) is 4.59. The molecule has 0 aliphatic rings. The first kappa shape index (κ1) is 19.5. The van der Waals surface area contributed by atoms with Crippen molar-refractivity contribution in [3.8, 4) is 5.69 Å². The SMILES string of the molecule is O=C(CSc1nnnn1-c1ccccc1C(=O)O)c1ccc(C(F)(F)F)cc1. The Balaban J connectivity index is 1.76. The molecule has 0 spiro atoms. The van der Waals surface area contributed by atoms with Gasteiger partial charge in [0.2, 0.25) is 5.16 Å². The molecule has 1 N–H and O–H groups in total. The number of aromatic nitrogens is 4. The molecule has 11 heteroatoms. The molecule has 0 saturated heterocycles. The quantitative estimate of drug-likeness (QED) is 0.493. The Morgan fingerprint density at radius 1 is 1.07 bits per heavy atom. The number of halogens is 3. The molecule has 0 unspecified atom stereocenters. The van der Waals surface area contributed by atoms with E-state index in [1.54, 1.807) is 12.1 Å². The van der Waals surface area contributed by atoms with Gasteiger partial charge in [-0.05, 0) is 34.7 Å². The summed E-state index contributed by atoms with van der Waals surface area (Å²) < 4.78 is 39.0. The van der Waals surface area contributed by atoms with Gasteiger partial charge in [-0.15, -0.1) is 5.10 Å². The number of alkyl halides is 3. The molecular formula is C17H11F3N4O3S. The third-order valence-electron chi connectivity index (χ3n) is 3.67. The van der Waals surface area contributed by atoms with Crippen LogP contribution in [0.25, 0.3) is 5.69 Å². The number of aromatic carboxylic acids is 1. The smallest absolute Gasteiger partial charge is 0.416 e. The second-order valence-corrected chi connectivity index (χ2v) is 6.43. The zero-order valence-electron chi connectivity index (χ0n) is 13.9. The molecule has 3 rings (SSSR count). The van der Waals surface area contributed by atoms with Gasteiger partial charge in [0.1, 0.15) is 0 Å². The molecule has 7 nitrogen and oxygen atoms in total. The molecule has 3 aromatic rings. The summed E-state index contributed by atoms with van der Waals surface area (Å²) in [6, 6.07) is 9.96. The summed E-state index contributed by atoms with van der Waals surface area (Å²) in [4.78, 5) is 23.6. The Kier molecular flexibility index (Phi) is 5.45. The standard InChI is InChI=1S/C17H11F3N4O3S/c18-17(19,20)11-7-5-10(6-8-11)14(25)9-28-16-21-22-23-24(16)13-4-2-1-3-12(13)15(26)27/h1-8H,9H2,(H,26,27). The number of para-hydroxylation sites is 1. The number of ketones is 1. The molecule has 0 fully saturated rings. The normalized spacial score (nSPS) is 11.4. The van der Waals surface area contributed by atoms with Gasteiger partial charge in [0.15, 0.2) is 5.78 Å². The number of tetrazole rings is 1. The Hall–Kier alpha value is -3.21. The van der Waals surface area contributed by atoms with Gasteiger partial charge >= 0.3 is 12.1 Å². The van der Waals surface area contributed by atoms with Crippen LogP contribution < -0.4 is 0 Å². The van der Waals surface area contributed by atoms with E-state index in [1.165, 1.54) is 16.8 Å². The lowest BCUT2D eigenvalue weighted by Gasteiger charge is -2.08. The fourth-order valence-corrected chi connectivity index (χ4v) is 3.10. The van der Waals surface area contributed by atoms with Crippen molar-refractivity contribution in [1.29, 1.82) is 0 Å². The van der Waals surface area contributed by atoms with Crippen molar-refractivity contribution in [3.05, 3.63) is 65.2 Å². The number of hydrogen-bond acceptors (Lipinski definition) is 6. The van der Waals surface area contributed by atoms with Gasteiger partial charge in [-0.2, -0.15) is 17.9 Å². The van der Waals surface area contributed by atoms with Crippen molar-refractivity contribution in [2.75, 3.05) is 5.75 Å². The zero-order valence-corrected chi connectivity index (χ0v) is 14.7. The highest BCUT2D eigenvalue weighted by molar-refractivity contribution is 7.99. The molecule has 1 aromatic heterocycles. The van der Waals surface area contributed by atoms with E-state index in [2.05, 4.69) is 15.5 Å². The fourth-order valence-electron chi connectivity index (χ4n) is 2.32. The first-order valence-corrected chi connectivity index (χ1v) is 8.70. The Bertz CT molecular complexity index is 1020. The van der Waals surface area contributed by atoms with Crippen LogP contribution in [0.3, 0.4) is 0 Å². The van der Waals surface area contributed by atoms with Crippen LogP contribution >= 0.6 is 11.8 Å². The van der Waals surface area contributed by atoms with Crippen LogP contribution in [0.5, 0.6) is 0 Å². The van der Waals surface area contributed by atoms with Gasteiger partial charge in [0.25, 0.3) is 0 Å². The second-order valence-electron chi connectivity index (χ2n) is 5.48. The first-order valence-electron chi connectivity index (χ1n) is 7.71. The van der Waals surface area contributed by atoms with Gasteiger partial charge in [0, 0.05) is 5.56 Å². The van der Waals surface area contributed by atoms with Crippen LogP contribution in [0.15, 0.2) is 53.7 Å². The molecule has 0 atom stereocenters. The highest BCUT2D eigenvalue weighted by Crippen LogP contribution is 2.29. The predicted molar refractivity (Wildman–Crippen MR) is 92.6 cm³/mol. The van der Waals surface area contributed by atoms with Crippen LogP contribution in [0.2, 0.25) is 0 Å². The number of nitrogens with zero attached hydrogens (tertiary/aromatic N) is 4. The minimum atomic E-state index is -4.48. The minimum Gasteiger partial charge on any atom is -0.478 e. The molecule has 0 aliphatic heterocycles. The van der Waals surface area contributed by atoms with Gasteiger partial charge in [-0.1, -0.05) is 36.0 Å². The molecule has 2 aromatic carbocycles. The monoisotopic (exact) mass is 408 g/mol. The lowest BCUT2D eigenvalue weighted by Crippen LogP contribution is -2.09. The molecule has 0 bridgehead atoms. The zero-order chi connectivity index (χ0) is 20.3. The summed E-state index contributed by atoms with van der Waals surface area (Å²) in [6.45, 7) is 0. The van der Waals surface area contributed by atoms with Gasteiger partial charge in [-0.3, -0.25) is 4.79 Å². The Labute approximate surface area is 160 Å². The van der Waals surface area contributed by atoms with Crippen LogP contribution in [-0.2, 0) is 6.18 Å². The summed E-state index contributed by atoms with van der Waals surface area (Å²) in [5.41, 5.74) is -0.522. The van der Waals surface area contributed by atoms with E-state index >= 15 is 0 Å². The maximum absolute atomic E-state index is 12.6. The van der Waals surface area contributed by atoms with Crippen molar-refractivity contribution in [2.24, 2.45) is 0 Å². The number of hydrogen-bond donors (Lipinski definition) is 1. The first-order chi connectivity index (χ1) is 13.3. The molecule has 0 radical (unpaired) electrons. The number of thioether (sulfide) groups is 1. The van der Waals surface area contributed by atoms with Crippen molar-refractivity contribution in [3.63, 3.8) is 0 Å². The average Bonchev–Trinajstić information content (AvgIpc) is 3.14. The van der Waals surface area contributed by atoms with Gasteiger partial charge in [0.05, 0.1) is 22.6 Å². The number of benzene rings is 2. The van der Waals surface area contributed by atoms with Gasteiger partial charge < -0.3 is 5.11 Å². The van der Waals surface area contributed by atoms with E-state index in [9.17, 15) is 27.9 Å². The molecular weight excluding hydrogens is 397 g/mol. The van der Waals surface area contributed by atoms with Crippen LogP contribution in [0.4, 0.5) is 13.2 Å². The van der Waals surface area contributed by atoms with E-state index in [-0.39, 0.29) is 27.7 Å². The summed E-state index contributed by atoms with van der Waals surface area (Å²) in [6.07, 6.45) is -4.48. The number of Topliss-reactive ketones (excluding diaryl/α,β-unsaturated/α-hetero) is 1. The van der Waals surface area contributed by atoms with E-state index in [0.29, 0.717) is 0 Å². The average molecular weight is 408 g/mol. The number of carbonyl (C=O) groups is 2. The van der Waals surface area contributed by atoms with E-state index in [0.717, 1.165) is 36.0 Å². The molecule has 0 amide bonds. The number of carbonyl (C=O) groups excluding carboxylic acids is 1. The number of rotatable bonds is 6.